The summed E-state index contributed by atoms with van der Waals surface area (Å²) in [7, 11) is 0. The first-order valence-corrected chi connectivity index (χ1v) is 6.86. The summed E-state index contributed by atoms with van der Waals surface area (Å²) in [5.41, 5.74) is 4.93. The number of hydrazine groups is 1. The Morgan fingerprint density at radius 1 is 1.35 bits per heavy atom. The van der Waals surface area contributed by atoms with Crippen LogP contribution in [0, 0.1) is 12.8 Å². The second kappa shape index (κ2) is 6.58. The molecule has 2 aromatic heterocycles. The van der Waals surface area contributed by atoms with E-state index in [1.807, 2.05) is 23.7 Å². The lowest BCUT2D eigenvalue weighted by Crippen LogP contribution is -2.31. The van der Waals surface area contributed by atoms with Crippen molar-refractivity contribution in [2.24, 2.45) is 11.8 Å². The minimum atomic E-state index is -0.0150. The number of nitrogens with zero attached hydrogens (tertiary/aromatic N) is 4. The van der Waals surface area contributed by atoms with Gasteiger partial charge in [-0.05, 0) is 24.5 Å². The van der Waals surface area contributed by atoms with Crippen molar-refractivity contribution >= 4 is 0 Å². The third-order valence-electron chi connectivity index (χ3n) is 3.24. The SMILES string of the molecule is Cc1ncccc1C(Cc1ncnn1CC(C)C)NN. The topological polar surface area (TPSA) is 81.7 Å². The van der Waals surface area contributed by atoms with E-state index in [4.69, 9.17) is 5.84 Å². The standard InChI is InChI=1S/C14H22N6/c1-10(2)8-20-14(17-9-18-20)7-13(19-15)12-5-4-6-16-11(12)3/h4-6,9-10,13,19H,7-8,15H2,1-3H3. The van der Waals surface area contributed by atoms with Gasteiger partial charge < -0.3 is 0 Å². The van der Waals surface area contributed by atoms with E-state index >= 15 is 0 Å². The molecule has 2 aromatic rings. The normalized spacial score (nSPS) is 12.8. The van der Waals surface area contributed by atoms with Crippen LogP contribution in [0.4, 0.5) is 0 Å². The highest BCUT2D eigenvalue weighted by Gasteiger charge is 2.17. The van der Waals surface area contributed by atoms with Crippen molar-refractivity contribution in [2.45, 2.75) is 39.8 Å². The number of hydrogen-bond donors (Lipinski definition) is 2. The van der Waals surface area contributed by atoms with E-state index in [1.54, 1.807) is 12.5 Å². The van der Waals surface area contributed by atoms with Crippen molar-refractivity contribution in [1.82, 2.24) is 25.2 Å². The van der Waals surface area contributed by atoms with Gasteiger partial charge in [-0.2, -0.15) is 5.10 Å². The number of nitrogens with two attached hydrogens (primary N) is 1. The highest BCUT2D eigenvalue weighted by molar-refractivity contribution is 5.23. The van der Waals surface area contributed by atoms with E-state index < -0.39 is 0 Å². The molecule has 0 fully saturated rings. The number of pyridine rings is 1. The summed E-state index contributed by atoms with van der Waals surface area (Å²) in [4.78, 5) is 8.66. The molecule has 1 atom stereocenters. The third-order valence-corrected chi connectivity index (χ3v) is 3.24. The fourth-order valence-electron chi connectivity index (χ4n) is 2.25. The lowest BCUT2D eigenvalue weighted by molar-refractivity contribution is 0.446. The van der Waals surface area contributed by atoms with Crippen LogP contribution >= 0.6 is 0 Å². The van der Waals surface area contributed by atoms with Crippen molar-refractivity contribution in [3.8, 4) is 0 Å². The van der Waals surface area contributed by atoms with Crippen LogP contribution in [0.2, 0.25) is 0 Å². The molecule has 3 N–H and O–H groups in total. The zero-order valence-electron chi connectivity index (χ0n) is 12.2. The van der Waals surface area contributed by atoms with Crippen molar-refractivity contribution in [2.75, 3.05) is 0 Å². The summed E-state index contributed by atoms with van der Waals surface area (Å²) in [5, 5.41) is 4.28. The smallest absolute Gasteiger partial charge is 0.138 e. The molecule has 0 aliphatic carbocycles. The zero-order valence-corrected chi connectivity index (χ0v) is 12.2. The Hall–Kier alpha value is -1.79. The first kappa shape index (κ1) is 14.6. The predicted octanol–water partition coefficient (Wildman–Crippen LogP) is 1.38. The summed E-state index contributed by atoms with van der Waals surface area (Å²) in [6, 6.07) is 3.94. The van der Waals surface area contributed by atoms with Crippen LogP contribution in [0.15, 0.2) is 24.7 Å². The van der Waals surface area contributed by atoms with Crippen LogP contribution in [0.5, 0.6) is 0 Å². The fourth-order valence-corrected chi connectivity index (χ4v) is 2.25. The van der Waals surface area contributed by atoms with E-state index in [1.165, 1.54) is 0 Å². The maximum Gasteiger partial charge on any atom is 0.138 e. The molecule has 2 heterocycles. The van der Waals surface area contributed by atoms with Crippen molar-refractivity contribution < 1.29 is 0 Å². The summed E-state index contributed by atoms with van der Waals surface area (Å²) in [6.45, 7) is 7.17. The van der Waals surface area contributed by atoms with Gasteiger partial charge in [0.1, 0.15) is 12.2 Å². The van der Waals surface area contributed by atoms with E-state index in [0.29, 0.717) is 12.3 Å². The van der Waals surface area contributed by atoms with Crippen molar-refractivity contribution in [1.29, 1.82) is 0 Å². The Bertz CT molecular complexity index is 548. The molecule has 0 saturated carbocycles. The number of rotatable bonds is 6. The van der Waals surface area contributed by atoms with E-state index in [9.17, 15) is 0 Å². The quantitative estimate of drug-likeness (QED) is 0.614. The zero-order chi connectivity index (χ0) is 14.5. The van der Waals surface area contributed by atoms with Gasteiger partial charge in [0.15, 0.2) is 0 Å². The van der Waals surface area contributed by atoms with Crippen molar-refractivity contribution in [3.05, 3.63) is 41.7 Å². The molecule has 0 aliphatic rings. The van der Waals surface area contributed by atoms with Gasteiger partial charge in [-0.3, -0.25) is 16.3 Å². The van der Waals surface area contributed by atoms with Crippen LogP contribution in [-0.2, 0) is 13.0 Å². The molecule has 0 amide bonds. The number of hydrogen-bond acceptors (Lipinski definition) is 5. The largest absolute Gasteiger partial charge is 0.271 e. The molecular formula is C14H22N6. The van der Waals surface area contributed by atoms with Crippen molar-refractivity contribution in [3.63, 3.8) is 0 Å². The summed E-state index contributed by atoms with van der Waals surface area (Å²) < 4.78 is 1.95. The molecule has 0 bridgehead atoms. The van der Waals surface area contributed by atoms with Gasteiger partial charge in [-0.25, -0.2) is 9.67 Å². The molecule has 6 heteroatoms. The average molecular weight is 274 g/mol. The Morgan fingerprint density at radius 3 is 2.80 bits per heavy atom. The number of aryl methyl sites for hydroxylation is 1. The molecule has 6 nitrogen and oxygen atoms in total. The summed E-state index contributed by atoms with van der Waals surface area (Å²) in [5.74, 6) is 7.17. The number of nitrogens with one attached hydrogen (secondary N) is 1. The van der Waals surface area contributed by atoms with Gasteiger partial charge in [-0.15, -0.1) is 0 Å². The highest BCUT2D eigenvalue weighted by atomic mass is 15.3. The molecule has 20 heavy (non-hydrogen) atoms. The van der Waals surface area contributed by atoms with Gasteiger partial charge in [0, 0.05) is 24.9 Å². The van der Waals surface area contributed by atoms with E-state index in [-0.39, 0.29) is 6.04 Å². The minimum Gasteiger partial charge on any atom is -0.271 e. The molecule has 0 spiro atoms. The lowest BCUT2D eigenvalue weighted by Gasteiger charge is -2.18. The molecule has 0 aliphatic heterocycles. The molecule has 0 radical (unpaired) electrons. The van der Waals surface area contributed by atoms with Crippen LogP contribution in [0.3, 0.4) is 0 Å². The van der Waals surface area contributed by atoms with Crippen LogP contribution in [0.1, 0.15) is 37.0 Å². The summed E-state index contributed by atoms with van der Waals surface area (Å²) in [6.07, 6.45) is 4.07. The van der Waals surface area contributed by atoms with E-state index in [0.717, 1.165) is 23.6 Å². The Labute approximate surface area is 119 Å². The predicted molar refractivity (Wildman–Crippen MR) is 77.6 cm³/mol. The Morgan fingerprint density at radius 2 is 2.15 bits per heavy atom. The second-order valence-corrected chi connectivity index (χ2v) is 5.35. The molecule has 1 unspecified atom stereocenters. The van der Waals surface area contributed by atoms with Gasteiger partial charge in [-0.1, -0.05) is 19.9 Å². The van der Waals surface area contributed by atoms with Gasteiger partial charge >= 0.3 is 0 Å². The average Bonchev–Trinajstić information content (AvgIpc) is 2.83. The maximum atomic E-state index is 5.71. The molecule has 2 rings (SSSR count). The minimum absolute atomic E-state index is 0.0150. The molecule has 0 aromatic carbocycles. The Kier molecular flexibility index (Phi) is 4.81. The third kappa shape index (κ3) is 3.40. The Balaban J connectivity index is 2.19. The van der Waals surface area contributed by atoms with E-state index in [2.05, 4.69) is 34.3 Å². The summed E-state index contributed by atoms with van der Waals surface area (Å²) >= 11 is 0. The van der Waals surface area contributed by atoms with Crippen LogP contribution in [-0.4, -0.2) is 19.7 Å². The second-order valence-electron chi connectivity index (χ2n) is 5.35. The molecular weight excluding hydrogens is 252 g/mol. The van der Waals surface area contributed by atoms with Gasteiger partial charge in [0.2, 0.25) is 0 Å². The lowest BCUT2D eigenvalue weighted by atomic mass is 10.0. The first-order chi connectivity index (χ1) is 9.61. The van der Waals surface area contributed by atoms with Gasteiger partial charge in [0.05, 0.1) is 6.04 Å². The molecule has 108 valence electrons. The van der Waals surface area contributed by atoms with Crippen LogP contribution in [0.25, 0.3) is 0 Å². The molecule has 0 saturated heterocycles. The number of aromatic nitrogens is 4. The highest BCUT2D eigenvalue weighted by Crippen LogP contribution is 2.19. The van der Waals surface area contributed by atoms with Crippen LogP contribution < -0.4 is 11.3 Å². The fraction of sp³-hybridized carbons (Fsp3) is 0.500. The first-order valence-electron chi connectivity index (χ1n) is 6.86. The monoisotopic (exact) mass is 274 g/mol. The van der Waals surface area contributed by atoms with Gasteiger partial charge in [0.25, 0.3) is 0 Å². The maximum absolute atomic E-state index is 5.71.